The second-order valence-corrected chi connectivity index (χ2v) is 5.50. The standard InChI is InChI=1S/C14H26N4O4/c1-11(19)10-17-6-8-18(9-7-17)14(22)16-5-3-2-4-12(15)13(20)21/h12,19H,1-10,15H2,(H,16,22)(H,20,21)/t12-/m1/s1. The van der Waals surface area contributed by atoms with Crippen molar-refractivity contribution in [1.82, 2.24) is 15.1 Å². The molecule has 5 N–H and O–H groups in total. The van der Waals surface area contributed by atoms with Gasteiger partial charge < -0.3 is 26.2 Å². The van der Waals surface area contributed by atoms with Crippen LogP contribution in [-0.4, -0.2) is 77.3 Å². The van der Waals surface area contributed by atoms with Crippen molar-refractivity contribution < 1.29 is 19.8 Å². The van der Waals surface area contributed by atoms with Crippen LogP contribution in [0.5, 0.6) is 0 Å². The number of carbonyl (C=O) groups is 2. The lowest BCUT2D eigenvalue weighted by Gasteiger charge is -2.34. The molecule has 1 saturated heterocycles. The van der Waals surface area contributed by atoms with E-state index in [0.717, 1.165) is 0 Å². The van der Waals surface area contributed by atoms with Crippen LogP contribution in [0.1, 0.15) is 19.3 Å². The summed E-state index contributed by atoms with van der Waals surface area (Å²) in [5.74, 6) is -0.857. The zero-order chi connectivity index (χ0) is 16.5. The number of nitrogens with zero attached hydrogens (tertiary/aromatic N) is 2. The number of unbranched alkanes of at least 4 members (excludes halogenated alkanes) is 1. The molecule has 0 saturated carbocycles. The smallest absolute Gasteiger partial charge is 0.320 e. The molecular formula is C14H26N4O4. The molecule has 1 aliphatic rings. The van der Waals surface area contributed by atoms with Crippen molar-refractivity contribution in [2.45, 2.75) is 25.3 Å². The molecule has 0 radical (unpaired) electrons. The SMILES string of the molecule is C=C(O)CN1CCN(C(=O)NCCCC[C@@H](N)C(=O)O)CC1. The van der Waals surface area contributed by atoms with Crippen LogP contribution in [0.15, 0.2) is 12.3 Å². The molecule has 0 aromatic carbocycles. The maximum absolute atomic E-state index is 11.9. The molecule has 8 nitrogen and oxygen atoms in total. The van der Waals surface area contributed by atoms with Crippen molar-refractivity contribution in [3.8, 4) is 0 Å². The molecule has 0 aromatic rings. The van der Waals surface area contributed by atoms with Gasteiger partial charge in [0.1, 0.15) is 6.04 Å². The summed E-state index contributed by atoms with van der Waals surface area (Å²) in [6.45, 7) is 7.06. The average molecular weight is 314 g/mol. The van der Waals surface area contributed by atoms with Crippen molar-refractivity contribution in [3.05, 3.63) is 12.3 Å². The fourth-order valence-electron chi connectivity index (χ4n) is 2.29. The van der Waals surface area contributed by atoms with Crippen molar-refractivity contribution in [2.75, 3.05) is 39.3 Å². The largest absolute Gasteiger partial charge is 0.512 e. The van der Waals surface area contributed by atoms with Gasteiger partial charge in [0.05, 0.1) is 12.3 Å². The highest BCUT2D eigenvalue weighted by Crippen LogP contribution is 2.04. The molecule has 0 spiro atoms. The van der Waals surface area contributed by atoms with Gasteiger partial charge in [-0.25, -0.2) is 4.79 Å². The van der Waals surface area contributed by atoms with Crippen molar-refractivity contribution in [1.29, 1.82) is 0 Å². The summed E-state index contributed by atoms with van der Waals surface area (Å²) in [7, 11) is 0. The second-order valence-electron chi connectivity index (χ2n) is 5.50. The summed E-state index contributed by atoms with van der Waals surface area (Å²) >= 11 is 0. The Labute approximate surface area is 130 Å². The molecule has 1 heterocycles. The van der Waals surface area contributed by atoms with Crippen LogP contribution in [0.4, 0.5) is 4.79 Å². The van der Waals surface area contributed by atoms with Gasteiger partial charge in [-0.1, -0.05) is 6.58 Å². The Hall–Kier alpha value is -1.80. The summed E-state index contributed by atoms with van der Waals surface area (Å²) in [6, 6.07) is -0.935. The van der Waals surface area contributed by atoms with Crippen molar-refractivity contribution in [2.24, 2.45) is 5.73 Å². The minimum Gasteiger partial charge on any atom is -0.512 e. The van der Waals surface area contributed by atoms with E-state index in [-0.39, 0.29) is 11.8 Å². The van der Waals surface area contributed by atoms with Crippen LogP contribution in [-0.2, 0) is 4.79 Å². The molecule has 0 aromatic heterocycles. The Morgan fingerprint density at radius 3 is 2.36 bits per heavy atom. The van der Waals surface area contributed by atoms with E-state index in [1.165, 1.54) is 0 Å². The number of nitrogens with one attached hydrogen (secondary N) is 1. The molecule has 2 amide bonds. The van der Waals surface area contributed by atoms with E-state index in [1.54, 1.807) is 4.90 Å². The van der Waals surface area contributed by atoms with E-state index in [1.807, 2.05) is 4.90 Å². The molecule has 0 aliphatic carbocycles. The van der Waals surface area contributed by atoms with Crippen LogP contribution in [0.2, 0.25) is 0 Å². The number of aliphatic carboxylic acids is 1. The lowest BCUT2D eigenvalue weighted by Crippen LogP contribution is -2.52. The quantitative estimate of drug-likeness (QED) is 0.369. The van der Waals surface area contributed by atoms with Gasteiger partial charge >= 0.3 is 12.0 Å². The topological polar surface area (TPSA) is 119 Å². The number of rotatable bonds is 8. The lowest BCUT2D eigenvalue weighted by molar-refractivity contribution is -0.138. The normalized spacial score (nSPS) is 17.0. The molecule has 1 aliphatic heterocycles. The lowest BCUT2D eigenvalue weighted by atomic mass is 10.1. The first kappa shape index (κ1) is 18.2. The highest BCUT2D eigenvalue weighted by molar-refractivity contribution is 5.74. The van der Waals surface area contributed by atoms with Gasteiger partial charge in [0.2, 0.25) is 0 Å². The number of carboxylic acids is 1. The number of carboxylic acid groups (broad SMARTS) is 1. The predicted molar refractivity (Wildman–Crippen MR) is 82.6 cm³/mol. The van der Waals surface area contributed by atoms with Crippen molar-refractivity contribution in [3.63, 3.8) is 0 Å². The zero-order valence-electron chi connectivity index (χ0n) is 12.8. The van der Waals surface area contributed by atoms with Gasteiger partial charge in [-0.05, 0) is 19.3 Å². The fourth-order valence-corrected chi connectivity index (χ4v) is 2.29. The highest BCUT2D eigenvalue weighted by atomic mass is 16.4. The minimum absolute atomic E-state index is 0.106. The summed E-state index contributed by atoms with van der Waals surface area (Å²) in [5.41, 5.74) is 5.40. The predicted octanol–water partition coefficient (Wildman–Crippen LogP) is -0.0325. The molecular weight excluding hydrogens is 288 g/mol. The first-order valence-electron chi connectivity index (χ1n) is 7.50. The fraction of sp³-hybridized carbons (Fsp3) is 0.714. The molecule has 126 valence electrons. The summed E-state index contributed by atoms with van der Waals surface area (Å²) in [6.07, 6.45) is 1.78. The van der Waals surface area contributed by atoms with Crippen LogP contribution in [0.25, 0.3) is 0 Å². The third-order valence-corrected chi connectivity index (χ3v) is 3.60. The van der Waals surface area contributed by atoms with E-state index in [4.69, 9.17) is 15.9 Å². The van der Waals surface area contributed by atoms with Crippen LogP contribution < -0.4 is 11.1 Å². The average Bonchev–Trinajstić information content (AvgIpc) is 2.46. The van der Waals surface area contributed by atoms with Crippen molar-refractivity contribution >= 4 is 12.0 Å². The Kier molecular flexibility index (Phi) is 7.69. The van der Waals surface area contributed by atoms with E-state index in [0.29, 0.717) is 58.5 Å². The molecule has 1 fully saturated rings. The number of piperazine rings is 1. The Morgan fingerprint density at radius 2 is 1.82 bits per heavy atom. The Balaban J connectivity index is 2.11. The Bertz CT molecular complexity index is 394. The molecule has 1 rings (SSSR count). The summed E-state index contributed by atoms with van der Waals surface area (Å²) < 4.78 is 0. The monoisotopic (exact) mass is 314 g/mol. The number of aliphatic hydroxyl groups is 1. The molecule has 1 atom stereocenters. The first-order chi connectivity index (χ1) is 10.4. The van der Waals surface area contributed by atoms with E-state index >= 15 is 0 Å². The maximum Gasteiger partial charge on any atom is 0.320 e. The number of aliphatic hydroxyl groups excluding tert-OH is 1. The Morgan fingerprint density at radius 1 is 1.18 bits per heavy atom. The van der Waals surface area contributed by atoms with Crippen LogP contribution >= 0.6 is 0 Å². The highest BCUT2D eigenvalue weighted by Gasteiger charge is 2.20. The first-order valence-corrected chi connectivity index (χ1v) is 7.50. The third kappa shape index (κ3) is 6.77. The van der Waals surface area contributed by atoms with E-state index < -0.39 is 12.0 Å². The molecule has 0 unspecified atom stereocenters. The third-order valence-electron chi connectivity index (χ3n) is 3.60. The molecule has 0 bridgehead atoms. The van der Waals surface area contributed by atoms with Gasteiger partial charge in [-0.2, -0.15) is 0 Å². The van der Waals surface area contributed by atoms with E-state index in [2.05, 4.69) is 11.9 Å². The van der Waals surface area contributed by atoms with E-state index in [9.17, 15) is 9.59 Å². The second kappa shape index (κ2) is 9.26. The van der Waals surface area contributed by atoms with Gasteiger partial charge in [-0.3, -0.25) is 9.69 Å². The number of urea groups is 1. The molecule has 8 heteroatoms. The number of carbonyl (C=O) groups excluding carboxylic acids is 1. The summed E-state index contributed by atoms with van der Waals surface area (Å²) in [4.78, 5) is 26.3. The number of hydrogen-bond acceptors (Lipinski definition) is 5. The number of amides is 2. The number of hydrogen-bond donors (Lipinski definition) is 4. The van der Waals surface area contributed by atoms with Gasteiger partial charge in [0.15, 0.2) is 0 Å². The summed E-state index contributed by atoms with van der Waals surface area (Å²) in [5, 5.41) is 20.6. The number of nitrogens with two attached hydrogens (primary N) is 1. The van der Waals surface area contributed by atoms with Gasteiger partial charge in [0.25, 0.3) is 0 Å². The van der Waals surface area contributed by atoms with Crippen LogP contribution in [0, 0.1) is 0 Å². The minimum atomic E-state index is -0.993. The van der Waals surface area contributed by atoms with Gasteiger partial charge in [0, 0.05) is 32.7 Å². The zero-order valence-corrected chi connectivity index (χ0v) is 12.8. The van der Waals surface area contributed by atoms with Crippen LogP contribution in [0.3, 0.4) is 0 Å². The molecule has 22 heavy (non-hydrogen) atoms. The maximum atomic E-state index is 11.9. The van der Waals surface area contributed by atoms with Gasteiger partial charge in [-0.15, -0.1) is 0 Å².